The van der Waals surface area contributed by atoms with Gasteiger partial charge < -0.3 is 74.2 Å². The van der Waals surface area contributed by atoms with Crippen molar-refractivity contribution in [2.75, 3.05) is 189 Å². The van der Waals surface area contributed by atoms with E-state index in [0.29, 0.717) is 121 Å². The number of aliphatic hydroxyl groups is 1. The van der Waals surface area contributed by atoms with E-state index >= 15 is 0 Å². The second-order valence-corrected chi connectivity index (χ2v) is 33.2. The van der Waals surface area contributed by atoms with Gasteiger partial charge in [-0.1, -0.05) is 69.3 Å². The number of nitrogens with zero attached hydrogens (tertiary/aromatic N) is 14. The molecule has 0 saturated carbocycles. The smallest absolute Gasteiger partial charge is 0.274 e. The largest absolute Gasteiger partial charge is 0.496 e. The van der Waals surface area contributed by atoms with E-state index in [9.17, 15) is 40.2 Å². The van der Waals surface area contributed by atoms with Crippen LogP contribution in [-0.2, 0) is 9.47 Å². The van der Waals surface area contributed by atoms with Gasteiger partial charge in [0.25, 0.3) is 23.6 Å². The van der Waals surface area contributed by atoms with Crippen LogP contribution in [0, 0.1) is 50.7 Å². The molecule has 4 amide bonds. The number of ether oxygens (including phenoxy) is 7. The average molecular weight is 1760 g/mol. The Labute approximate surface area is 761 Å². The van der Waals surface area contributed by atoms with Gasteiger partial charge in [0.15, 0.2) is 0 Å². The molecule has 5 N–H and O–H groups in total. The topological polar surface area (TPSA) is 367 Å². The van der Waals surface area contributed by atoms with Crippen LogP contribution in [0.15, 0.2) is 194 Å². The molecule has 0 unspecified atom stereocenters. The molecule has 5 fully saturated rings. The number of anilines is 7. The number of aliphatic hydroxyl groups excluding tert-OH is 1. The van der Waals surface area contributed by atoms with E-state index in [0.717, 1.165) is 169 Å². The number of para-hydroxylation sites is 4. The lowest BCUT2D eigenvalue weighted by Crippen LogP contribution is -2.51. The number of β-amino-alcohol motifs (C(OH)–C–C–N with tert-alkyl or cyclic N) is 1. The fourth-order valence-corrected chi connectivity index (χ4v) is 16.7. The first-order chi connectivity index (χ1) is 63.7. The molecule has 30 heteroatoms. The van der Waals surface area contributed by atoms with Crippen LogP contribution in [0.5, 0.6) is 28.7 Å². The predicted molar refractivity (Wildman–Crippen MR) is 506 cm³/mol. The molecule has 0 radical (unpaired) electrons. The van der Waals surface area contributed by atoms with Gasteiger partial charge in [0.1, 0.15) is 75.8 Å². The summed E-state index contributed by atoms with van der Waals surface area (Å²) in [5, 5.41) is 62.6. The zero-order chi connectivity index (χ0) is 91.9. The van der Waals surface area contributed by atoms with Crippen LogP contribution >= 0.6 is 0 Å². The van der Waals surface area contributed by atoms with Crippen molar-refractivity contribution in [1.29, 1.82) is 21.0 Å². The van der Waals surface area contributed by atoms with Gasteiger partial charge in [-0.15, -0.1) is 0 Å². The first kappa shape index (κ1) is 92.6. The molecule has 5 saturated heterocycles. The number of amides is 4. The number of hydrogen-bond donors (Lipinski definition) is 5. The van der Waals surface area contributed by atoms with E-state index in [1.165, 1.54) is 0 Å². The number of benzene rings is 8. The Bertz CT molecular complexity index is 6090. The lowest BCUT2D eigenvalue weighted by Gasteiger charge is -2.41. The third-order valence-corrected chi connectivity index (χ3v) is 23.5. The molecule has 672 valence electrons. The minimum Gasteiger partial charge on any atom is -0.496 e. The number of hydrogen-bond acceptors (Lipinski definition) is 26. The van der Waals surface area contributed by atoms with Crippen LogP contribution in [0.2, 0.25) is 0 Å². The number of methoxy groups -OCH3 is 4. The lowest BCUT2D eigenvalue weighted by molar-refractivity contribution is 0.0115. The van der Waals surface area contributed by atoms with Crippen molar-refractivity contribution in [3.8, 4) is 53.0 Å². The number of nitriles is 4. The highest BCUT2D eigenvalue weighted by Gasteiger charge is 2.31. The van der Waals surface area contributed by atoms with Crippen LogP contribution in [-0.4, -0.2) is 229 Å². The first-order valence-electron chi connectivity index (χ1n) is 43.8. The number of nitrogens with one attached hydrogen (secondary N) is 4. The summed E-state index contributed by atoms with van der Waals surface area (Å²) < 4.78 is 38.5. The Morgan fingerprint density at radius 2 is 0.695 bits per heavy atom. The summed E-state index contributed by atoms with van der Waals surface area (Å²) in [7, 11) is 6.26. The Balaban J connectivity index is 0.000000141. The average Bonchev–Trinajstić information content (AvgIpc) is 0.808. The number of rotatable bonds is 21. The van der Waals surface area contributed by atoms with Gasteiger partial charge in [-0.3, -0.25) is 33.9 Å². The third kappa shape index (κ3) is 23.3. The molecule has 30 nitrogen and oxygen atoms in total. The van der Waals surface area contributed by atoms with Gasteiger partial charge in [0.2, 0.25) is 0 Å². The van der Waals surface area contributed by atoms with E-state index < -0.39 is 0 Å². The highest BCUT2D eigenvalue weighted by Crippen LogP contribution is 2.36. The number of morpholine rings is 1. The summed E-state index contributed by atoms with van der Waals surface area (Å²) in [6.45, 7) is 21.5. The molecule has 0 spiro atoms. The first-order valence-corrected chi connectivity index (χ1v) is 43.8. The molecule has 17 rings (SSSR count). The number of carbonyl (C=O) groups excluding carboxylic acids is 4. The summed E-state index contributed by atoms with van der Waals surface area (Å²) >= 11 is 0. The number of pyridine rings is 4. The molecular formula is C101H106N18O12. The molecule has 9 heterocycles. The van der Waals surface area contributed by atoms with Crippen molar-refractivity contribution in [2.45, 2.75) is 58.5 Å². The minimum absolute atomic E-state index is 0.0274. The van der Waals surface area contributed by atoms with Crippen molar-refractivity contribution in [3.63, 3.8) is 0 Å². The molecule has 4 aromatic heterocycles. The maximum absolute atomic E-state index is 13.0. The maximum Gasteiger partial charge on any atom is 0.274 e. The Hall–Kier alpha value is -14.6. The monoisotopic (exact) mass is 1760 g/mol. The van der Waals surface area contributed by atoms with Crippen LogP contribution in [0.25, 0.3) is 43.6 Å². The minimum atomic E-state index is -0.388. The quantitative estimate of drug-likeness (QED) is 0.0446. The highest BCUT2D eigenvalue weighted by atomic mass is 16.5. The predicted octanol–water partition coefficient (Wildman–Crippen LogP) is 14.6. The van der Waals surface area contributed by atoms with E-state index in [-0.39, 0.29) is 58.4 Å². The van der Waals surface area contributed by atoms with Gasteiger partial charge in [-0.05, 0) is 152 Å². The van der Waals surface area contributed by atoms with Crippen LogP contribution in [0.4, 0.5) is 39.8 Å². The molecule has 8 aromatic carbocycles. The standard InChI is InChI=1S/2C27H29N5O3.C24H25N5O3.C23H23N3O3/c1-34-26-17-24(30-23-5-3-2-4-22(23)26)27(33)29-20-6-7-25(19(16-20)18-28)32-12-10-31(11-13-32)21-8-14-35-15-9-21;1-34-26-17-24(30-23-5-3-2-4-22(23)26)27(33)29-20-6-7-25(19(16-20)18-28)32-10-8-21(9-11-32)31-12-14-35-15-13-31;1-32-23-15-21(27-20-5-3-2-4-19(20)23)24(31)26-18-6-7-22(17(14-18)16-25)29-10-8-28(9-11-29)12-13-30;1-23(2,3)14-29-20-10-9-16(11-15(20)13-24)25-22(27)19-12-21(28-4)17-7-5-6-8-18(17)26-19/h2*2-7,16-17,21H,8-15H2,1H3,(H,29,33);2-7,14-15,30H,8-13H2,1H3,(H,26,31);5-12H,14H2,1-4H3,(H,25,27). The number of fused-ring (bicyclic) bond motifs is 4. The summed E-state index contributed by atoms with van der Waals surface area (Å²) in [5.41, 5.74) is 10.4. The molecule has 12 aromatic rings. The summed E-state index contributed by atoms with van der Waals surface area (Å²) in [5.74, 6) is 1.37. The van der Waals surface area contributed by atoms with E-state index in [1.807, 2.05) is 127 Å². The van der Waals surface area contributed by atoms with Crippen molar-refractivity contribution < 1.29 is 57.4 Å². The number of carbonyl (C=O) groups is 4. The van der Waals surface area contributed by atoms with Crippen LogP contribution in [0.3, 0.4) is 0 Å². The van der Waals surface area contributed by atoms with Crippen molar-refractivity contribution in [1.82, 2.24) is 34.6 Å². The number of piperazine rings is 2. The third-order valence-electron chi connectivity index (χ3n) is 23.5. The Morgan fingerprint density at radius 1 is 0.382 bits per heavy atom. The second kappa shape index (κ2) is 43.9. The van der Waals surface area contributed by atoms with Gasteiger partial charge in [0, 0.05) is 179 Å². The summed E-state index contributed by atoms with van der Waals surface area (Å²) in [4.78, 5) is 83.3. The van der Waals surface area contributed by atoms with E-state index in [1.54, 1.807) is 95.2 Å². The van der Waals surface area contributed by atoms with Gasteiger partial charge >= 0.3 is 0 Å². The molecule has 0 bridgehead atoms. The number of piperidine rings is 1. The summed E-state index contributed by atoms with van der Waals surface area (Å²) in [6, 6.07) is 68.0. The van der Waals surface area contributed by atoms with Gasteiger partial charge in [0.05, 0.1) is 116 Å². The second-order valence-electron chi connectivity index (χ2n) is 33.2. The fourth-order valence-electron chi connectivity index (χ4n) is 16.7. The van der Waals surface area contributed by atoms with E-state index in [2.05, 4.69) is 116 Å². The lowest BCUT2D eigenvalue weighted by atomic mass is 9.98. The van der Waals surface area contributed by atoms with Crippen LogP contribution < -0.4 is 59.7 Å². The Kier molecular flexibility index (Phi) is 31.1. The summed E-state index contributed by atoms with van der Waals surface area (Å²) in [6.07, 6.45) is 4.32. The van der Waals surface area contributed by atoms with Gasteiger partial charge in [-0.25, -0.2) is 19.9 Å². The van der Waals surface area contributed by atoms with Crippen molar-refractivity contribution >= 4 is 107 Å². The normalized spacial score (nSPS) is 15.1. The molecule has 0 atom stereocenters. The molecular weight excluding hydrogens is 1660 g/mol. The fraction of sp³-hybridized carbons (Fsp3) is 0.327. The zero-order valence-corrected chi connectivity index (χ0v) is 74.6. The van der Waals surface area contributed by atoms with Crippen molar-refractivity contribution in [2.24, 2.45) is 5.41 Å². The maximum atomic E-state index is 13.0. The van der Waals surface area contributed by atoms with Gasteiger partial charge in [-0.2, -0.15) is 21.0 Å². The SMILES string of the molecule is COc1cc(C(=O)Nc2ccc(N3CCC(N4CCOCC4)CC3)c(C#N)c2)nc2ccccc12.COc1cc(C(=O)Nc2ccc(N3CCN(C4CCOCC4)CC3)c(C#N)c2)nc2ccccc12.COc1cc(C(=O)Nc2ccc(N3CCN(CCO)CC3)c(C#N)c2)nc2ccccc12.COc1cc(C(=O)Nc2ccc(OCC(C)(C)C)c(C#N)c2)nc2ccccc12. The van der Waals surface area contributed by atoms with E-state index in [4.69, 9.17) is 38.3 Å². The molecule has 5 aliphatic heterocycles. The van der Waals surface area contributed by atoms with Crippen LogP contribution in [0.1, 0.15) is 111 Å². The molecule has 0 aliphatic carbocycles. The molecule has 5 aliphatic rings. The Morgan fingerprint density at radius 3 is 1.04 bits per heavy atom. The zero-order valence-electron chi connectivity index (χ0n) is 74.6. The number of aromatic nitrogens is 4. The van der Waals surface area contributed by atoms with Crippen molar-refractivity contribution in [3.05, 3.63) is 239 Å². The highest BCUT2D eigenvalue weighted by molar-refractivity contribution is 6.08. The molecule has 131 heavy (non-hydrogen) atoms.